The van der Waals surface area contributed by atoms with Gasteiger partial charge in [0.1, 0.15) is 11.7 Å². The van der Waals surface area contributed by atoms with Crippen LogP contribution < -0.4 is 0 Å². The molecule has 1 amide bonds. The standard InChI is InChI=1S/C24H26FN3O4S/c1-32-24(30)18-6-5-8-20(18)28(15-16-10-12-17(25)13-11-16)23(29)14-22-26-19-7-3-4-9-21(19)33(2,31)27-22/h3-4,7,9-13,18,20H,5-6,8,14-15H2,1-2H3/t18-,20+,33?/m1/s1. The van der Waals surface area contributed by atoms with Crippen molar-refractivity contribution in [1.29, 1.82) is 0 Å². The Morgan fingerprint density at radius 3 is 2.61 bits per heavy atom. The highest BCUT2D eigenvalue weighted by atomic mass is 32.2. The molecule has 0 aromatic heterocycles. The van der Waals surface area contributed by atoms with Crippen molar-refractivity contribution >= 4 is 33.1 Å². The van der Waals surface area contributed by atoms with Gasteiger partial charge in [0.25, 0.3) is 0 Å². The van der Waals surface area contributed by atoms with E-state index in [-0.39, 0.29) is 42.5 Å². The first kappa shape index (κ1) is 23.1. The van der Waals surface area contributed by atoms with Gasteiger partial charge in [-0.1, -0.05) is 30.7 Å². The summed E-state index contributed by atoms with van der Waals surface area (Å²) in [6.07, 6.45) is 3.46. The van der Waals surface area contributed by atoms with Gasteiger partial charge in [0.2, 0.25) is 5.91 Å². The fourth-order valence-corrected chi connectivity index (χ4v) is 5.94. The van der Waals surface area contributed by atoms with Crippen LogP contribution in [0.2, 0.25) is 0 Å². The molecule has 7 nitrogen and oxygen atoms in total. The van der Waals surface area contributed by atoms with Crippen molar-refractivity contribution in [3.05, 3.63) is 59.9 Å². The Bertz CT molecular complexity index is 1220. The molecule has 4 rings (SSSR count). The number of aliphatic imine (C=N–C) groups is 1. The van der Waals surface area contributed by atoms with Crippen LogP contribution in [0.3, 0.4) is 0 Å². The van der Waals surface area contributed by atoms with Crippen LogP contribution in [-0.4, -0.2) is 46.2 Å². The zero-order valence-electron chi connectivity index (χ0n) is 18.6. The molecule has 0 spiro atoms. The molecule has 1 aliphatic carbocycles. The number of rotatable bonds is 6. The Morgan fingerprint density at radius 2 is 1.88 bits per heavy atom. The molecule has 2 aromatic rings. The molecular formula is C24H26FN3O4S. The van der Waals surface area contributed by atoms with Crippen LogP contribution in [0.1, 0.15) is 31.2 Å². The molecule has 2 aromatic carbocycles. The third-order valence-corrected chi connectivity index (χ3v) is 7.80. The number of hydrogen-bond donors (Lipinski definition) is 0. The van der Waals surface area contributed by atoms with Gasteiger partial charge in [-0.3, -0.25) is 9.59 Å². The first-order chi connectivity index (χ1) is 15.8. The van der Waals surface area contributed by atoms with E-state index in [1.807, 2.05) is 0 Å². The third-order valence-electron chi connectivity index (χ3n) is 6.08. The van der Waals surface area contributed by atoms with E-state index in [2.05, 4.69) is 9.36 Å². The van der Waals surface area contributed by atoms with Crippen LogP contribution in [-0.2, 0) is 30.6 Å². The quantitative estimate of drug-likeness (QED) is 0.594. The summed E-state index contributed by atoms with van der Waals surface area (Å²) < 4.78 is 35.7. The number of esters is 1. The van der Waals surface area contributed by atoms with Gasteiger partial charge in [-0.15, -0.1) is 0 Å². The smallest absolute Gasteiger partial charge is 0.310 e. The number of amides is 1. The maximum atomic E-state index is 13.5. The number of carbonyl (C=O) groups is 2. The molecule has 2 aliphatic rings. The van der Waals surface area contributed by atoms with E-state index in [4.69, 9.17) is 4.74 Å². The van der Waals surface area contributed by atoms with Crippen LogP contribution in [0.4, 0.5) is 10.1 Å². The number of para-hydroxylation sites is 1. The molecule has 3 atom stereocenters. The van der Waals surface area contributed by atoms with E-state index in [1.165, 1.54) is 25.5 Å². The van der Waals surface area contributed by atoms with Gasteiger partial charge < -0.3 is 9.64 Å². The lowest BCUT2D eigenvalue weighted by Crippen LogP contribution is -2.44. The number of amidine groups is 1. The van der Waals surface area contributed by atoms with E-state index in [0.717, 1.165) is 12.0 Å². The molecule has 174 valence electrons. The van der Waals surface area contributed by atoms with Crippen molar-refractivity contribution in [2.75, 3.05) is 13.4 Å². The molecule has 0 saturated heterocycles. The summed E-state index contributed by atoms with van der Waals surface area (Å²) >= 11 is 0. The Hall–Kier alpha value is -3.07. The average Bonchev–Trinajstić information content (AvgIpc) is 3.27. The molecule has 1 saturated carbocycles. The highest BCUT2D eigenvalue weighted by Crippen LogP contribution is 2.34. The van der Waals surface area contributed by atoms with E-state index in [9.17, 15) is 18.2 Å². The lowest BCUT2D eigenvalue weighted by atomic mass is 10.0. The lowest BCUT2D eigenvalue weighted by Gasteiger charge is -2.32. The van der Waals surface area contributed by atoms with Gasteiger partial charge in [-0.25, -0.2) is 13.6 Å². The van der Waals surface area contributed by atoms with Gasteiger partial charge in [-0.2, -0.15) is 4.36 Å². The minimum absolute atomic E-state index is 0.148. The van der Waals surface area contributed by atoms with E-state index < -0.39 is 15.6 Å². The Labute approximate surface area is 192 Å². The zero-order valence-corrected chi connectivity index (χ0v) is 19.4. The maximum absolute atomic E-state index is 13.5. The minimum atomic E-state index is -2.72. The largest absolute Gasteiger partial charge is 0.469 e. The van der Waals surface area contributed by atoms with Crippen molar-refractivity contribution in [2.45, 2.75) is 43.2 Å². The third kappa shape index (κ3) is 4.98. The second kappa shape index (κ2) is 9.43. The highest BCUT2D eigenvalue weighted by molar-refractivity contribution is 7.93. The zero-order chi connectivity index (χ0) is 23.6. The summed E-state index contributed by atoms with van der Waals surface area (Å²) in [4.78, 5) is 32.5. The van der Waals surface area contributed by atoms with Crippen LogP contribution >= 0.6 is 0 Å². The molecule has 0 N–H and O–H groups in total. The number of carbonyl (C=O) groups excluding carboxylic acids is 2. The predicted molar refractivity (Wildman–Crippen MR) is 123 cm³/mol. The summed E-state index contributed by atoms with van der Waals surface area (Å²) in [7, 11) is -1.37. The molecule has 0 bridgehead atoms. The van der Waals surface area contributed by atoms with Crippen molar-refractivity contribution in [3.8, 4) is 0 Å². The SMILES string of the molecule is COC(=O)[C@@H]1CCC[C@@H]1N(Cc1ccc(F)cc1)C(=O)CC1=Nc2ccccc2S(C)(=O)=N1. The van der Waals surface area contributed by atoms with Gasteiger partial charge in [0.15, 0.2) is 0 Å². The average molecular weight is 472 g/mol. The van der Waals surface area contributed by atoms with Crippen LogP contribution in [0.5, 0.6) is 0 Å². The van der Waals surface area contributed by atoms with Crippen molar-refractivity contribution in [1.82, 2.24) is 4.90 Å². The summed E-state index contributed by atoms with van der Waals surface area (Å²) in [6, 6.07) is 12.6. The van der Waals surface area contributed by atoms with Crippen molar-refractivity contribution < 1.29 is 22.9 Å². The van der Waals surface area contributed by atoms with Crippen LogP contribution in [0.25, 0.3) is 0 Å². The molecular weight excluding hydrogens is 445 g/mol. The number of hydrogen-bond acceptors (Lipinski definition) is 6. The molecule has 1 aliphatic heterocycles. The van der Waals surface area contributed by atoms with Crippen LogP contribution in [0.15, 0.2) is 62.8 Å². The first-order valence-corrected chi connectivity index (χ1v) is 12.7. The molecule has 1 heterocycles. The Balaban J connectivity index is 1.64. The molecule has 9 heteroatoms. The van der Waals surface area contributed by atoms with Crippen LogP contribution in [0, 0.1) is 11.7 Å². The summed E-state index contributed by atoms with van der Waals surface area (Å²) in [5.41, 5.74) is 1.29. The van der Waals surface area contributed by atoms with Gasteiger partial charge >= 0.3 is 5.97 Å². The summed E-state index contributed by atoms with van der Waals surface area (Å²) in [6.45, 7) is 0.211. The van der Waals surface area contributed by atoms with Gasteiger partial charge in [0.05, 0.1) is 39.8 Å². The summed E-state index contributed by atoms with van der Waals surface area (Å²) in [5, 5.41) is 0. The number of methoxy groups -OCH3 is 1. The van der Waals surface area contributed by atoms with E-state index in [0.29, 0.717) is 23.4 Å². The number of halogens is 1. The van der Waals surface area contributed by atoms with Gasteiger partial charge in [0, 0.05) is 18.8 Å². The number of benzene rings is 2. The normalized spacial score (nSPS) is 23.8. The minimum Gasteiger partial charge on any atom is -0.469 e. The van der Waals surface area contributed by atoms with Gasteiger partial charge in [-0.05, 0) is 42.7 Å². The molecule has 0 radical (unpaired) electrons. The molecule has 1 unspecified atom stereocenters. The number of fused-ring (bicyclic) bond motifs is 1. The fourth-order valence-electron chi connectivity index (χ4n) is 4.50. The Kier molecular flexibility index (Phi) is 6.60. The van der Waals surface area contributed by atoms with Crippen molar-refractivity contribution in [3.63, 3.8) is 0 Å². The second-order valence-electron chi connectivity index (χ2n) is 8.34. The molecule has 1 fully saturated rings. The lowest BCUT2D eigenvalue weighted by molar-refractivity contribution is -0.149. The first-order valence-electron chi connectivity index (χ1n) is 10.8. The number of nitrogens with zero attached hydrogens (tertiary/aromatic N) is 3. The predicted octanol–water partition coefficient (Wildman–Crippen LogP) is 4.09. The Morgan fingerprint density at radius 1 is 1.15 bits per heavy atom. The van der Waals surface area contributed by atoms with Crippen molar-refractivity contribution in [2.24, 2.45) is 15.3 Å². The fraction of sp³-hybridized carbons (Fsp3) is 0.375. The molecule has 33 heavy (non-hydrogen) atoms. The van der Waals surface area contributed by atoms with E-state index in [1.54, 1.807) is 41.3 Å². The van der Waals surface area contributed by atoms with E-state index >= 15 is 0 Å². The topological polar surface area (TPSA) is 88.4 Å². The maximum Gasteiger partial charge on any atom is 0.310 e. The second-order valence-corrected chi connectivity index (χ2v) is 10.6. The monoisotopic (exact) mass is 471 g/mol. The summed E-state index contributed by atoms with van der Waals surface area (Å²) in [5.74, 6) is -1.22. The highest BCUT2D eigenvalue weighted by Gasteiger charge is 2.40. The number of ether oxygens (including phenoxy) is 1.